The molecule has 4 aromatic rings. The molecule has 0 saturated carbocycles. The van der Waals surface area contributed by atoms with Crippen LogP contribution in [0.3, 0.4) is 0 Å². The number of fused-ring (bicyclic) bond motifs is 1. The summed E-state index contributed by atoms with van der Waals surface area (Å²) in [6.07, 6.45) is 3.30. The summed E-state index contributed by atoms with van der Waals surface area (Å²) in [6, 6.07) is 15.4. The lowest BCUT2D eigenvalue weighted by Gasteiger charge is -2.26. The molecule has 0 unspecified atom stereocenters. The summed E-state index contributed by atoms with van der Waals surface area (Å²) >= 11 is 0. The predicted molar refractivity (Wildman–Crippen MR) is 137 cm³/mol. The van der Waals surface area contributed by atoms with Crippen molar-refractivity contribution in [3.8, 4) is 11.5 Å². The second-order valence-electron chi connectivity index (χ2n) is 8.66. The number of carbonyl (C=O) groups excluding carboxylic acids is 1. The molecule has 36 heavy (non-hydrogen) atoms. The van der Waals surface area contributed by atoms with E-state index in [1.54, 1.807) is 31.3 Å². The van der Waals surface area contributed by atoms with Crippen LogP contribution < -0.4 is 14.8 Å². The number of pyridine rings is 1. The number of nitrogens with zero attached hydrogens (tertiary/aromatic N) is 4. The molecule has 2 aromatic carbocycles. The van der Waals surface area contributed by atoms with Crippen LogP contribution in [0.5, 0.6) is 11.5 Å². The maximum Gasteiger partial charge on any atom is 0.257 e. The van der Waals surface area contributed by atoms with E-state index >= 15 is 0 Å². The minimum atomic E-state index is -0.211. The fourth-order valence-electron chi connectivity index (χ4n) is 4.32. The molecule has 186 valence electrons. The van der Waals surface area contributed by atoms with E-state index < -0.39 is 0 Å². The summed E-state index contributed by atoms with van der Waals surface area (Å²) < 4.78 is 18.0. The average molecular weight is 488 g/mol. The Kier molecular flexibility index (Phi) is 7.11. The van der Waals surface area contributed by atoms with E-state index in [9.17, 15) is 4.79 Å². The Morgan fingerprint density at radius 1 is 1.03 bits per heavy atom. The standard InChI is InChI=1S/C27H29N5O4/c1-34-24-7-6-20(25(14-24)35-2)18-32-26-21(16-29-32)13-22(15-28-26)27(33)30-23-5-3-4-19(12-23)17-31-8-10-36-11-9-31/h3-7,12-16H,8-11,17-18H2,1-2H3,(H,30,33). The molecule has 1 amide bonds. The molecular weight excluding hydrogens is 458 g/mol. The number of morpholine rings is 1. The number of amides is 1. The maximum absolute atomic E-state index is 13.0. The largest absolute Gasteiger partial charge is 0.497 e. The van der Waals surface area contributed by atoms with Crippen molar-refractivity contribution in [2.75, 3.05) is 45.8 Å². The number of carbonyl (C=O) groups is 1. The molecule has 1 N–H and O–H groups in total. The first kappa shape index (κ1) is 23.8. The third-order valence-corrected chi connectivity index (χ3v) is 6.25. The maximum atomic E-state index is 13.0. The number of hydrogen-bond acceptors (Lipinski definition) is 7. The highest BCUT2D eigenvalue weighted by Gasteiger charge is 2.14. The Labute approximate surface area is 209 Å². The average Bonchev–Trinajstić information content (AvgIpc) is 3.31. The van der Waals surface area contributed by atoms with Gasteiger partial charge in [-0.05, 0) is 35.9 Å². The van der Waals surface area contributed by atoms with Crippen LogP contribution in [0.15, 0.2) is 60.9 Å². The molecule has 9 heteroatoms. The summed E-state index contributed by atoms with van der Waals surface area (Å²) in [4.78, 5) is 19.9. The van der Waals surface area contributed by atoms with Gasteiger partial charge in [0, 0.05) is 48.5 Å². The van der Waals surface area contributed by atoms with Gasteiger partial charge in [0.2, 0.25) is 0 Å². The molecule has 0 bridgehead atoms. The molecule has 0 radical (unpaired) electrons. The van der Waals surface area contributed by atoms with Crippen molar-refractivity contribution < 1.29 is 19.0 Å². The molecule has 0 aliphatic carbocycles. The normalized spacial score (nSPS) is 14.1. The van der Waals surface area contributed by atoms with E-state index in [-0.39, 0.29) is 5.91 Å². The van der Waals surface area contributed by atoms with Crippen LogP contribution in [-0.2, 0) is 17.8 Å². The first-order valence-corrected chi connectivity index (χ1v) is 11.9. The van der Waals surface area contributed by atoms with Crippen LogP contribution in [0.2, 0.25) is 0 Å². The van der Waals surface area contributed by atoms with Gasteiger partial charge in [-0.3, -0.25) is 9.69 Å². The number of anilines is 1. The van der Waals surface area contributed by atoms with E-state index in [0.717, 1.165) is 60.8 Å². The van der Waals surface area contributed by atoms with Gasteiger partial charge in [-0.15, -0.1) is 0 Å². The van der Waals surface area contributed by atoms with E-state index in [4.69, 9.17) is 14.2 Å². The number of methoxy groups -OCH3 is 2. The van der Waals surface area contributed by atoms with Crippen molar-refractivity contribution in [1.29, 1.82) is 0 Å². The van der Waals surface area contributed by atoms with Crippen molar-refractivity contribution in [2.45, 2.75) is 13.1 Å². The monoisotopic (exact) mass is 487 g/mol. The zero-order valence-corrected chi connectivity index (χ0v) is 20.4. The Morgan fingerprint density at radius 2 is 1.89 bits per heavy atom. The molecule has 0 spiro atoms. The first-order valence-electron chi connectivity index (χ1n) is 11.9. The predicted octanol–water partition coefficient (Wildman–Crippen LogP) is 3.58. The number of aromatic nitrogens is 3. The number of nitrogens with one attached hydrogen (secondary N) is 1. The fraction of sp³-hybridized carbons (Fsp3) is 0.296. The molecule has 2 aromatic heterocycles. The molecule has 5 rings (SSSR count). The molecule has 1 fully saturated rings. The highest BCUT2D eigenvalue weighted by atomic mass is 16.5. The molecule has 3 heterocycles. The number of benzene rings is 2. The van der Waals surface area contributed by atoms with E-state index in [2.05, 4.69) is 26.4 Å². The zero-order valence-electron chi connectivity index (χ0n) is 20.4. The summed E-state index contributed by atoms with van der Waals surface area (Å²) in [7, 11) is 3.25. The molecule has 1 saturated heterocycles. The van der Waals surface area contributed by atoms with Crippen LogP contribution in [0.25, 0.3) is 11.0 Å². The van der Waals surface area contributed by atoms with Crippen molar-refractivity contribution in [3.63, 3.8) is 0 Å². The van der Waals surface area contributed by atoms with Gasteiger partial charge < -0.3 is 19.5 Å². The fourth-order valence-corrected chi connectivity index (χ4v) is 4.32. The molecule has 0 atom stereocenters. The minimum absolute atomic E-state index is 0.211. The third kappa shape index (κ3) is 5.32. The van der Waals surface area contributed by atoms with Crippen molar-refractivity contribution in [2.24, 2.45) is 0 Å². The summed E-state index contributed by atoms with van der Waals surface area (Å²) in [5.41, 5.74) is 4.02. The summed E-state index contributed by atoms with van der Waals surface area (Å²) in [5, 5.41) is 8.27. The quantitative estimate of drug-likeness (QED) is 0.406. The van der Waals surface area contributed by atoms with E-state index in [0.29, 0.717) is 23.5 Å². The van der Waals surface area contributed by atoms with Gasteiger partial charge in [-0.1, -0.05) is 12.1 Å². The van der Waals surface area contributed by atoms with Gasteiger partial charge in [-0.25, -0.2) is 9.67 Å². The van der Waals surface area contributed by atoms with Crippen LogP contribution in [0.4, 0.5) is 5.69 Å². The molecule has 9 nitrogen and oxygen atoms in total. The van der Waals surface area contributed by atoms with Crippen LogP contribution in [-0.4, -0.2) is 66.1 Å². The number of ether oxygens (including phenoxy) is 3. The molecule has 1 aliphatic rings. The topological polar surface area (TPSA) is 90.7 Å². The highest BCUT2D eigenvalue weighted by Crippen LogP contribution is 2.26. The summed E-state index contributed by atoms with van der Waals surface area (Å²) in [5.74, 6) is 1.23. The molecule has 1 aliphatic heterocycles. The van der Waals surface area contributed by atoms with Gasteiger partial charge in [-0.2, -0.15) is 5.10 Å². The molecular formula is C27H29N5O4. The van der Waals surface area contributed by atoms with Gasteiger partial charge in [0.05, 0.1) is 45.7 Å². The number of hydrogen-bond donors (Lipinski definition) is 1. The Bertz CT molecular complexity index is 1360. The van der Waals surface area contributed by atoms with Crippen molar-refractivity contribution in [1.82, 2.24) is 19.7 Å². The Morgan fingerprint density at radius 3 is 2.69 bits per heavy atom. The van der Waals surface area contributed by atoms with E-state index in [1.807, 2.05) is 42.5 Å². The second kappa shape index (κ2) is 10.8. The minimum Gasteiger partial charge on any atom is -0.497 e. The van der Waals surface area contributed by atoms with Crippen LogP contribution in [0, 0.1) is 0 Å². The zero-order chi connectivity index (χ0) is 24.9. The lowest BCUT2D eigenvalue weighted by Crippen LogP contribution is -2.35. The van der Waals surface area contributed by atoms with Crippen molar-refractivity contribution in [3.05, 3.63) is 77.6 Å². The second-order valence-corrected chi connectivity index (χ2v) is 8.66. The first-order chi connectivity index (χ1) is 17.6. The van der Waals surface area contributed by atoms with Crippen molar-refractivity contribution >= 4 is 22.6 Å². The van der Waals surface area contributed by atoms with Crippen LogP contribution in [0.1, 0.15) is 21.5 Å². The van der Waals surface area contributed by atoms with Gasteiger partial charge in [0.15, 0.2) is 5.65 Å². The summed E-state index contributed by atoms with van der Waals surface area (Å²) in [6.45, 7) is 4.67. The van der Waals surface area contributed by atoms with Gasteiger partial charge in [0.25, 0.3) is 5.91 Å². The third-order valence-electron chi connectivity index (χ3n) is 6.25. The van der Waals surface area contributed by atoms with Crippen LogP contribution >= 0.6 is 0 Å². The Hall–Kier alpha value is -3.95. The SMILES string of the molecule is COc1ccc(Cn2ncc3cc(C(=O)Nc4cccc(CN5CCOCC5)c4)cnc32)c(OC)c1. The number of rotatable bonds is 8. The smallest absolute Gasteiger partial charge is 0.257 e. The van der Waals surface area contributed by atoms with Gasteiger partial charge in [0.1, 0.15) is 11.5 Å². The van der Waals surface area contributed by atoms with Gasteiger partial charge >= 0.3 is 0 Å². The Balaban J connectivity index is 1.29. The highest BCUT2D eigenvalue weighted by molar-refractivity contribution is 6.05. The lowest BCUT2D eigenvalue weighted by molar-refractivity contribution is 0.0342. The lowest BCUT2D eigenvalue weighted by atomic mass is 10.1. The van der Waals surface area contributed by atoms with E-state index in [1.165, 1.54) is 0 Å².